The number of carbonyl (C=O) groups excluding carboxylic acids is 1. The second kappa shape index (κ2) is 5.62. The van der Waals surface area contributed by atoms with Crippen LogP contribution in [0, 0.1) is 13.8 Å². The Balaban J connectivity index is 2.07. The Bertz CT molecular complexity index is 590. The maximum atomic E-state index is 12.0. The molecule has 0 aliphatic rings. The average Bonchev–Trinajstić information content (AvgIpc) is 2.68. The van der Waals surface area contributed by atoms with E-state index >= 15 is 0 Å². The van der Waals surface area contributed by atoms with E-state index in [1.54, 1.807) is 11.6 Å². The van der Waals surface area contributed by atoms with Gasteiger partial charge in [-0.05, 0) is 25.5 Å². The first-order valence-corrected chi connectivity index (χ1v) is 6.06. The molecule has 0 spiro atoms. The van der Waals surface area contributed by atoms with Gasteiger partial charge in [0.2, 0.25) is 5.91 Å². The lowest BCUT2D eigenvalue weighted by molar-refractivity contribution is -0.116. The number of aryl methyl sites for hydroxylation is 2. The minimum atomic E-state index is -0.145. The summed E-state index contributed by atoms with van der Waals surface area (Å²) in [6.07, 6.45) is 0. The summed E-state index contributed by atoms with van der Waals surface area (Å²) in [7, 11) is 0. The Hall–Kier alpha value is -2.21. The van der Waals surface area contributed by atoms with E-state index in [9.17, 15) is 4.79 Å². The zero-order valence-electron chi connectivity index (χ0n) is 11.1. The molecule has 0 saturated carbocycles. The number of hydrogen-bond acceptors (Lipinski definition) is 4. The minimum absolute atomic E-state index is 0.144. The van der Waals surface area contributed by atoms with Crippen molar-refractivity contribution < 1.29 is 4.79 Å². The molecule has 1 heterocycles. The molecule has 2 aromatic rings. The van der Waals surface area contributed by atoms with Gasteiger partial charge in [-0.3, -0.25) is 4.79 Å². The van der Waals surface area contributed by atoms with Crippen LogP contribution in [0.15, 0.2) is 24.3 Å². The number of anilines is 1. The quantitative estimate of drug-likeness (QED) is 0.857. The summed E-state index contributed by atoms with van der Waals surface area (Å²) in [5.74, 6) is 1.24. The van der Waals surface area contributed by atoms with Crippen LogP contribution < -0.4 is 11.1 Å². The van der Waals surface area contributed by atoms with Gasteiger partial charge in [0, 0.05) is 12.2 Å². The second-order valence-corrected chi connectivity index (χ2v) is 4.27. The Morgan fingerprint density at radius 1 is 1.37 bits per heavy atom. The third-order valence-corrected chi connectivity index (χ3v) is 2.77. The molecular formula is C13H17N5O. The van der Waals surface area contributed by atoms with Crippen LogP contribution in [0.3, 0.4) is 0 Å². The summed E-state index contributed by atoms with van der Waals surface area (Å²) in [4.78, 5) is 16.1. The number of hydrogen-bond donors (Lipinski definition) is 2. The highest BCUT2D eigenvalue weighted by Gasteiger charge is 2.09. The predicted octanol–water partition coefficient (Wildman–Crippen LogP) is 0.992. The molecule has 1 amide bonds. The molecule has 0 radical (unpaired) electrons. The number of amides is 1. The molecule has 0 aliphatic carbocycles. The fraction of sp³-hybridized carbons (Fsp3) is 0.308. The van der Waals surface area contributed by atoms with Gasteiger partial charge in [0.05, 0.1) is 0 Å². The van der Waals surface area contributed by atoms with Crippen molar-refractivity contribution >= 4 is 11.6 Å². The SMILES string of the molecule is Cc1nc(C)n(CC(=O)Nc2ccccc2CN)n1. The summed E-state index contributed by atoms with van der Waals surface area (Å²) in [5.41, 5.74) is 7.27. The molecule has 0 atom stereocenters. The fourth-order valence-corrected chi connectivity index (χ4v) is 1.86. The summed E-state index contributed by atoms with van der Waals surface area (Å²) in [6, 6.07) is 7.47. The van der Waals surface area contributed by atoms with Gasteiger partial charge in [-0.15, -0.1) is 0 Å². The average molecular weight is 259 g/mol. The Labute approximate surface area is 111 Å². The molecule has 1 aromatic heterocycles. The Kier molecular flexibility index (Phi) is 3.91. The first-order chi connectivity index (χ1) is 9.10. The highest BCUT2D eigenvalue weighted by molar-refractivity contribution is 5.91. The van der Waals surface area contributed by atoms with Crippen LogP contribution in [0.2, 0.25) is 0 Å². The van der Waals surface area contributed by atoms with E-state index in [1.165, 1.54) is 0 Å². The number of rotatable bonds is 4. The lowest BCUT2D eigenvalue weighted by Gasteiger charge is -2.09. The number of aromatic nitrogens is 3. The Morgan fingerprint density at radius 3 is 2.74 bits per heavy atom. The number of nitrogens with one attached hydrogen (secondary N) is 1. The highest BCUT2D eigenvalue weighted by Crippen LogP contribution is 2.14. The van der Waals surface area contributed by atoms with Crippen molar-refractivity contribution in [1.82, 2.24) is 14.8 Å². The number of nitrogens with zero attached hydrogens (tertiary/aromatic N) is 3. The van der Waals surface area contributed by atoms with Crippen molar-refractivity contribution in [2.75, 3.05) is 5.32 Å². The molecule has 2 rings (SSSR count). The topological polar surface area (TPSA) is 85.8 Å². The first kappa shape index (κ1) is 13.2. The third kappa shape index (κ3) is 3.17. The molecule has 0 saturated heterocycles. The standard InChI is InChI=1S/C13H17N5O/c1-9-15-10(2)18(17-9)8-13(19)16-12-6-4-3-5-11(12)7-14/h3-6H,7-8,14H2,1-2H3,(H,16,19). The van der Waals surface area contributed by atoms with Gasteiger partial charge < -0.3 is 11.1 Å². The summed E-state index contributed by atoms with van der Waals surface area (Å²) < 4.78 is 1.58. The van der Waals surface area contributed by atoms with Crippen LogP contribution in [-0.2, 0) is 17.9 Å². The number of carbonyl (C=O) groups is 1. The van der Waals surface area contributed by atoms with E-state index in [2.05, 4.69) is 15.4 Å². The van der Waals surface area contributed by atoms with Gasteiger partial charge in [0.25, 0.3) is 0 Å². The predicted molar refractivity (Wildman–Crippen MR) is 72.5 cm³/mol. The van der Waals surface area contributed by atoms with Crippen molar-refractivity contribution in [2.24, 2.45) is 5.73 Å². The summed E-state index contributed by atoms with van der Waals surface area (Å²) >= 11 is 0. The number of benzene rings is 1. The van der Waals surface area contributed by atoms with Crippen molar-refractivity contribution in [2.45, 2.75) is 26.9 Å². The minimum Gasteiger partial charge on any atom is -0.326 e. The molecule has 0 unspecified atom stereocenters. The maximum Gasteiger partial charge on any atom is 0.246 e. The van der Waals surface area contributed by atoms with Crippen LogP contribution in [0.25, 0.3) is 0 Å². The van der Waals surface area contributed by atoms with Crippen LogP contribution in [0.4, 0.5) is 5.69 Å². The van der Waals surface area contributed by atoms with Gasteiger partial charge >= 0.3 is 0 Å². The van der Waals surface area contributed by atoms with E-state index in [1.807, 2.05) is 31.2 Å². The molecule has 3 N–H and O–H groups in total. The number of nitrogens with two attached hydrogens (primary N) is 1. The lowest BCUT2D eigenvalue weighted by Crippen LogP contribution is -2.21. The van der Waals surface area contributed by atoms with E-state index < -0.39 is 0 Å². The van der Waals surface area contributed by atoms with Crippen molar-refractivity contribution in [3.63, 3.8) is 0 Å². The molecule has 100 valence electrons. The molecule has 6 nitrogen and oxygen atoms in total. The largest absolute Gasteiger partial charge is 0.326 e. The van der Waals surface area contributed by atoms with Gasteiger partial charge in [-0.25, -0.2) is 9.67 Å². The van der Waals surface area contributed by atoms with Gasteiger partial charge in [0.15, 0.2) is 0 Å². The van der Waals surface area contributed by atoms with Gasteiger partial charge in [0.1, 0.15) is 18.2 Å². The zero-order chi connectivity index (χ0) is 13.8. The smallest absolute Gasteiger partial charge is 0.246 e. The Morgan fingerprint density at radius 2 is 2.11 bits per heavy atom. The van der Waals surface area contributed by atoms with E-state index in [-0.39, 0.29) is 12.5 Å². The molecule has 0 aliphatic heterocycles. The molecule has 19 heavy (non-hydrogen) atoms. The summed E-state index contributed by atoms with van der Waals surface area (Å²) in [5, 5.41) is 6.99. The molecule has 0 bridgehead atoms. The van der Waals surface area contributed by atoms with E-state index in [4.69, 9.17) is 5.73 Å². The van der Waals surface area contributed by atoms with E-state index in [0.717, 1.165) is 17.1 Å². The second-order valence-electron chi connectivity index (χ2n) is 4.27. The van der Waals surface area contributed by atoms with Crippen molar-refractivity contribution in [3.05, 3.63) is 41.5 Å². The monoisotopic (exact) mass is 259 g/mol. The van der Waals surface area contributed by atoms with E-state index in [0.29, 0.717) is 12.4 Å². The molecule has 6 heteroatoms. The molecule has 1 aromatic carbocycles. The molecule has 0 fully saturated rings. The third-order valence-electron chi connectivity index (χ3n) is 2.77. The van der Waals surface area contributed by atoms with Crippen molar-refractivity contribution in [3.8, 4) is 0 Å². The normalized spacial score (nSPS) is 10.5. The maximum absolute atomic E-state index is 12.0. The lowest BCUT2D eigenvalue weighted by atomic mass is 10.2. The van der Waals surface area contributed by atoms with Crippen molar-refractivity contribution in [1.29, 1.82) is 0 Å². The first-order valence-electron chi connectivity index (χ1n) is 6.06. The number of para-hydroxylation sites is 1. The summed E-state index contributed by atoms with van der Waals surface area (Å²) in [6.45, 7) is 4.15. The highest BCUT2D eigenvalue weighted by atomic mass is 16.2. The van der Waals surface area contributed by atoms with Gasteiger partial charge in [-0.2, -0.15) is 5.10 Å². The van der Waals surface area contributed by atoms with Gasteiger partial charge in [-0.1, -0.05) is 18.2 Å². The molecular weight excluding hydrogens is 242 g/mol. The van der Waals surface area contributed by atoms with Crippen LogP contribution in [0.1, 0.15) is 17.2 Å². The van der Waals surface area contributed by atoms with Crippen LogP contribution in [-0.4, -0.2) is 20.7 Å². The fourth-order valence-electron chi connectivity index (χ4n) is 1.86. The van der Waals surface area contributed by atoms with Crippen LogP contribution >= 0.6 is 0 Å². The zero-order valence-corrected chi connectivity index (χ0v) is 11.1. The van der Waals surface area contributed by atoms with Crippen LogP contribution in [0.5, 0.6) is 0 Å².